The molecule has 7 nitrogen and oxygen atoms in total. The molecule has 1 amide bonds. The molecule has 1 saturated heterocycles. The highest BCUT2D eigenvalue weighted by atomic mass is 35.5. The van der Waals surface area contributed by atoms with Gasteiger partial charge in [0, 0.05) is 17.8 Å². The molecule has 0 bridgehead atoms. The number of carbonyl (C=O) groups excluding carboxylic acids is 1. The molecule has 1 aliphatic heterocycles. The molecular formula is C21H26ClN3O4. The molecule has 1 aromatic carbocycles. The molecule has 8 heteroatoms. The number of hydrogen-bond acceptors (Lipinski definition) is 6. The Bertz CT molecular complexity index is 911. The summed E-state index contributed by atoms with van der Waals surface area (Å²) in [5.74, 6) is 0.885. The van der Waals surface area contributed by atoms with Crippen LogP contribution in [0.2, 0.25) is 5.02 Å². The number of methoxy groups -OCH3 is 1. The zero-order chi connectivity index (χ0) is 21.4. The molecular weight excluding hydrogens is 394 g/mol. The fourth-order valence-electron chi connectivity index (χ4n) is 3.21. The van der Waals surface area contributed by atoms with Gasteiger partial charge in [-0.1, -0.05) is 17.7 Å². The van der Waals surface area contributed by atoms with Gasteiger partial charge < -0.3 is 14.2 Å². The number of amides is 1. The molecule has 0 radical (unpaired) electrons. The van der Waals surface area contributed by atoms with Gasteiger partial charge in [0.2, 0.25) is 5.88 Å². The molecule has 1 aliphatic rings. The van der Waals surface area contributed by atoms with Gasteiger partial charge in [0.15, 0.2) is 5.82 Å². The van der Waals surface area contributed by atoms with Crippen molar-refractivity contribution < 1.29 is 19.0 Å². The number of hydrogen-bond donors (Lipinski definition) is 0. The summed E-state index contributed by atoms with van der Waals surface area (Å²) < 4.78 is 16.7. The van der Waals surface area contributed by atoms with E-state index in [0.29, 0.717) is 28.9 Å². The highest BCUT2D eigenvalue weighted by Gasteiger charge is 2.46. The van der Waals surface area contributed by atoms with Crippen LogP contribution in [0.4, 0.5) is 4.79 Å². The van der Waals surface area contributed by atoms with Crippen molar-refractivity contribution in [3.8, 4) is 17.3 Å². The van der Waals surface area contributed by atoms with Crippen molar-refractivity contribution in [2.24, 2.45) is 0 Å². The Morgan fingerprint density at radius 3 is 2.69 bits per heavy atom. The lowest BCUT2D eigenvalue weighted by atomic mass is 10.0. The smallest absolute Gasteiger partial charge is 0.413 e. The van der Waals surface area contributed by atoms with E-state index in [9.17, 15) is 4.79 Å². The third-order valence-corrected chi connectivity index (χ3v) is 4.86. The van der Waals surface area contributed by atoms with E-state index < -0.39 is 17.4 Å². The van der Waals surface area contributed by atoms with E-state index in [1.54, 1.807) is 30.3 Å². The first-order chi connectivity index (χ1) is 13.5. The van der Waals surface area contributed by atoms with E-state index in [0.717, 1.165) is 5.56 Å². The van der Waals surface area contributed by atoms with Crippen LogP contribution < -0.4 is 4.74 Å². The monoisotopic (exact) mass is 419 g/mol. The number of ether oxygens (including phenoxy) is 3. The van der Waals surface area contributed by atoms with Crippen LogP contribution in [-0.2, 0) is 9.47 Å². The Labute approximate surface area is 176 Å². The molecule has 156 valence electrons. The molecule has 0 aliphatic carbocycles. The lowest BCUT2D eigenvalue weighted by Crippen LogP contribution is -2.47. The minimum Gasteiger partial charge on any atom is -0.481 e. The van der Waals surface area contributed by atoms with Gasteiger partial charge in [-0.2, -0.15) is 4.98 Å². The first kappa shape index (κ1) is 21.3. The van der Waals surface area contributed by atoms with Gasteiger partial charge in [-0.05, 0) is 52.3 Å². The van der Waals surface area contributed by atoms with Gasteiger partial charge in [-0.3, -0.25) is 4.90 Å². The van der Waals surface area contributed by atoms with Crippen molar-refractivity contribution in [3.63, 3.8) is 0 Å². The van der Waals surface area contributed by atoms with E-state index >= 15 is 0 Å². The van der Waals surface area contributed by atoms with Gasteiger partial charge in [-0.15, -0.1) is 0 Å². The molecule has 2 heterocycles. The van der Waals surface area contributed by atoms with Crippen LogP contribution in [0.3, 0.4) is 0 Å². The molecule has 0 spiro atoms. The average Bonchev–Trinajstić information content (AvgIpc) is 2.96. The Balaban J connectivity index is 2.00. The number of carbonyl (C=O) groups is 1. The predicted molar refractivity (Wildman–Crippen MR) is 110 cm³/mol. The second kappa shape index (κ2) is 7.80. The molecule has 0 saturated carbocycles. The highest BCUT2D eigenvalue weighted by molar-refractivity contribution is 6.33. The van der Waals surface area contributed by atoms with Gasteiger partial charge in [-0.25, -0.2) is 9.78 Å². The molecule has 1 atom stereocenters. The fourth-order valence-corrected chi connectivity index (χ4v) is 3.41. The minimum absolute atomic E-state index is 0.332. The Morgan fingerprint density at radius 2 is 2.03 bits per heavy atom. The zero-order valence-electron chi connectivity index (χ0n) is 17.5. The van der Waals surface area contributed by atoms with Crippen LogP contribution in [0.1, 0.15) is 46.2 Å². The molecule has 0 unspecified atom stereocenters. The fraction of sp³-hybridized carbons (Fsp3) is 0.476. The topological polar surface area (TPSA) is 73.8 Å². The summed E-state index contributed by atoms with van der Waals surface area (Å²) >= 11 is 6.42. The highest BCUT2D eigenvalue weighted by Crippen LogP contribution is 2.40. The Kier molecular flexibility index (Phi) is 5.74. The van der Waals surface area contributed by atoms with Gasteiger partial charge in [0.05, 0.1) is 24.8 Å². The van der Waals surface area contributed by atoms with E-state index in [1.807, 2.05) is 46.8 Å². The van der Waals surface area contributed by atoms with E-state index in [1.165, 1.54) is 0 Å². The second-order valence-electron chi connectivity index (χ2n) is 8.29. The number of benzene rings is 1. The third-order valence-electron chi connectivity index (χ3n) is 4.53. The summed E-state index contributed by atoms with van der Waals surface area (Å²) in [6.45, 7) is 9.54. The van der Waals surface area contributed by atoms with Crippen LogP contribution in [0, 0.1) is 0 Å². The van der Waals surface area contributed by atoms with Crippen LogP contribution in [0.15, 0.2) is 30.5 Å². The van der Waals surface area contributed by atoms with Gasteiger partial charge >= 0.3 is 6.09 Å². The maximum Gasteiger partial charge on any atom is 0.413 e. The average molecular weight is 420 g/mol. The summed E-state index contributed by atoms with van der Waals surface area (Å²) in [6.07, 6.45) is 1.18. The van der Waals surface area contributed by atoms with Crippen LogP contribution >= 0.6 is 11.6 Å². The predicted octanol–water partition coefficient (Wildman–Crippen LogP) is 4.85. The zero-order valence-corrected chi connectivity index (χ0v) is 18.3. The Morgan fingerprint density at radius 1 is 1.31 bits per heavy atom. The van der Waals surface area contributed by atoms with Gasteiger partial charge in [0.1, 0.15) is 11.3 Å². The maximum absolute atomic E-state index is 12.9. The molecule has 1 fully saturated rings. The van der Waals surface area contributed by atoms with E-state index in [4.69, 9.17) is 25.8 Å². The summed E-state index contributed by atoms with van der Waals surface area (Å²) in [5.41, 5.74) is 0.0864. The number of rotatable bonds is 3. The largest absolute Gasteiger partial charge is 0.481 e. The molecule has 0 N–H and O–H groups in total. The van der Waals surface area contributed by atoms with Crippen molar-refractivity contribution in [2.45, 2.75) is 52.0 Å². The van der Waals surface area contributed by atoms with E-state index in [2.05, 4.69) is 9.97 Å². The van der Waals surface area contributed by atoms with Crippen LogP contribution in [-0.4, -0.2) is 46.0 Å². The number of nitrogens with zero attached hydrogens (tertiary/aromatic N) is 3. The van der Waals surface area contributed by atoms with Crippen LogP contribution in [0.5, 0.6) is 5.88 Å². The first-order valence-corrected chi connectivity index (χ1v) is 9.73. The Hall–Kier alpha value is -2.38. The van der Waals surface area contributed by atoms with Gasteiger partial charge in [0.25, 0.3) is 0 Å². The lowest BCUT2D eigenvalue weighted by Gasteiger charge is -2.35. The normalized spacial score (nSPS) is 18.6. The lowest BCUT2D eigenvalue weighted by molar-refractivity contribution is -0.0626. The third kappa shape index (κ3) is 4.62. The van der Waals surface area contributed by atoms with Crippen molar-refractivity contribution in [3.05, 3.63) is 41.0 Å². The summed E-state index contributed by atoms with van der Waals surface area (Å²) in [4.78, 5) is 23.2. The molecule has 3 rings (SSSR count). The summed E-state index contributed by atoms with van der Waals surface area (Å²) in [5, 5.41) is 0.504. The summed E-state index contributed by atoms with van der Waals surface area (Å²) in [6, 6.07) is 6.86. The molecule has 29 heavy (non-hydrogen) atoms. The van der Waals surface area contributed by atoms with E-state index in [-0.39, 0.29) is 6.04 Å². The standard InChI is InChI=1S/C21H26ClN3O4/c1-20(2,3)29-19(26)25-16(12-28-21(25,4)5)13-7-8-15(22)14(11-13)18-23-10-9-17(24-18)27-6/h7-11,16H,12H2,1-6H3/t16-/m1/s1. The molecule has 2 aromatic rings. The van der Waals surface area contributed by atoms with Crippen molar-refractivity contribution >= 4 is 17.7 Å². The molecule has 1 aromatic heterocycles. The SMILES string of the molecule is COc1ccnc(-c2cc([C@H]3COC(C)(C)N3C(=O)OC(C)(C)C)ccc2Cl)n1. The second-order valence-corrected chi connectivity index (χ2v) is 8.69. The van der Waals surface area contributed by atoms with Crippen LogP contribution in [0.25, 0.3) is 11.4 Å². The summed E-state index contributed by atoms with van der Waals surface area (Å²) in [7, 11) is 1.54. The minimum atomic E-state index is -0.806. The quantitative estimate of drug-likeness (QED) is 0.707. The number of aromatic nitrogens is 2. The van der Waals surface area contributed by atoms with Crippen molar-refractivity contribution in [2.75, 3.05) is 13.7 Å². The van der Waals surface area contributed by atoms with Crippen molar-refractivity contribution in [1.29, 1.82) is 0 Å². The maximum atomic E-state index is 12.9. The van der Waals surface area contributed by atoms with Crippen molar-refractivity contribution in [1.82, 2.24) is 14.9 Å². The first-order valence-electron chi connectivity index (χ1n) is 9.35. The number of halogens is 1.